The molecule has 2 unspecified atom stereocenters. The summed E-state index contributed by atoms with van der Waals surface area (Å²) in [4.78, 5) is 16.9. The van der Waals surface area contributed by atoms with Crippen LogP contribution in [0.4, 0.5) is 24.8 Å². The number of aromatic nitrogens is 3. The summed E-state index contributed by atoms with van der Waals surface area (Å²) >= 11 is 6.18. The standard InChI is InChI=1S/C18H19ClF3N5/c1-11-23-5-2-16(25-11)26-6-3-12-4-7-27(15(12)10-26)17-14(19)8-13(9-24-17)18(20,21)22/h2,5,8-9,12,15H,3-4,6-7,10H2,1H3. The fraction of sp³-hybridized carbons (Fsp3) is 0.500. The van der Waals surface area contributed by atoms with Gasteiger partial charge in [-0.05, 0) is 37.8 Å². The van der Waals surface area contributed by atoms with Crippen molar-refractivity contribution in [2.24, 2.45) is 5.92 Å². The van der Waals surface area contributed by atoms with Crippen molar-refractivity contribution < 1.29 is 13.2 Å². The zero-order valence-electron chi connectivity index (χ0n) is 14.7. The van der Waals surface area contributed by atoms with Crippen LogP contribution in [0.15, 0.2) is 24.5 Å². The minimum absolute atomic E-state index is 0.0421. The molecule has 2 atom stereocenters. The zero-order chi connectivity index (χ0) is 19.2. The van der Waals surface area contributed by atoms with Gasteiger partial charge < -0.3 is 9.80 Å². The molecule has 2 aliphatic rings. The van der Waals surface area contributed by atoms with E-state index >= 15 is 0 Å². The molecule has 0 N–H and O–H groups in total. The number of nitrogens with zero attached hydrogens (tertiary/aromatic N) is 5. The van der Waals surface area contributed by atoms with Crippen LogP contribution in [-0.4, -0.2) is 40.6 Å². The van der Waals surface area contributed by atoms with E-state index in [9.17, 15) is 13.2 Å². The molecule has 2 fully saturated rings. The molecule has 2 aliphatic heterocycles. The molecule has 5 nitrogen and oxygen atoms in total. The summed E-state index contributed by atoms with van der Waals surface area (Å²) in [5.74, 6) is 2.49. The lowest BCUT2D eigenvalue weighted by atomic mass is 9.92. The molecule has 0 radical (unpaired) electrons. The summed E-state index contributed by atoms with van der Waals surface area (Å²) in [6.45, 7) is 4.23. The molecule has 144 valence electrons. The molecule has 2 aromatic heterocycles. The predicted octanol–water partition coefficient (Wildman–Crippen LogP) is 3.96. The largest absolute Gasteiger partial charge is 0.417 e. The van der Waals surface area contributed by atoms with E-state index < -0.39 is 11.7 Å². The molecule has 0 aliphatic carbocycles. The molecule has 0 bridgehead atoms. The van der Waals surface area contributed by atoms with E-state index in [2.05, 4.69) is 19.9 Å². The number of rotatable bonds is 2. The third-order valence-corrected chi connectivity index (χ3v) is 5.65. The molecule has 4 heterocycles. The molecule has 0 spiro atoms. The van der Waals surface area contributed by atoms with Crippen LogP contribution < -0.4 is 9.80 Å². The Morgan fingerprint density at radius 2 is 1.96 bits per heavy atom. The van der Waals surface area contributed by atoms with Gasteiger partial charge >= 0.3 is 6.18 Å². The van der Waals surface area contributed by atoms with E-state index in [0.29, 0.717) is 17.6 Å². The van der Waals surface area contributed by atoms with E-state index in [4.69, 9.17) is 11.6 Å². The van der Waals surface area contributed by atoms with Crippen molar-refractivity contribution in [2.75, 3.05) is 29.4 Å². The summed E-state index contributed by atoms with van der Waals surface area (Å²) in [5, 5.41) is 0.0421. The zero-order valence-corrected chi connectivity index (χ0v) is 15.5. The number of halogens is 4. The average Bonchev–Trinajstić information content (AvgIpc) is 3.04. The Bertz CT molecular complexity index is 844. The van der Waals surface area contributed by atoms with Crippen molar-refractivity contribution in [3.63, 3.8) is 0 Å². The smallest absolute Gasteiger partial charge is 0.354 e. The first-order chi connectivity index (χ1) is 12.8. The number of hydrogen-bond acceptors (Lipinski definition) is 5. The normalized spacial score (nSPS) is 22.9. The number of pyridine rings is 1. The highest BCUT2D eigenvalue weighted by molar-refractivity contribution is 6.33. The summed E-state index contributed by atoms with van der Waals surface area (Å²) in [5.41, 5.74) is -0.825. The molecule has 2 aromatic rings. The Balaban J connectivity index is 1.58. The van der Waals surface area contributed by atoms with Crippen LogP contribution in [-0.2, 0) is 6.18 Å². The van der Waals surface area contributed by atoms with Gasteiger partial charge in [-0.1, -0.05) is 11.6 Å². The quantitative estimate of drug-likeness (QED) is 0.767. The van der Waals surface area contributed by atoms with Gasteiger partial charge in [-0.3, -0.25) is 0 Å². The van der Waals surface area contributed by atoms with Gasteiger partial charge in [-0.25, -0.2) is 15.0 Å². The first-order valence-corrected chi connectivity index (χ1v) is 9.24. The van der Waals surface area contributed by atoms with E-state index in [1.165, 1.54) is 0 Å². The molecule has 27 heavy (non-hydrogen) atoms. The second kappa shape index (κ2) is 6.82. The van der Waals surface area contributed by atoms with Gasteiger partial charge in [0.25, 0.3) is 0 Å². The molecular weight excluding hydrogens is 379 g/mol. The lowest BCUT2D eigenvalue weighted by Gasteiger charge is -2.39. The third-order valence-electron chi connectivity index (χ3n) is 5.37. The fourth-order valence-electron chi connectivity index (χ4n) is 4.03. The SMILES string of the molecule is Cc1nccc(N2CCC3CCN(c4ncc(C(F)(F)F)cc4Cl)C3C2)n1. The van der Waals surface area contributed by atoms with Crippen LogP contribution in [0.5, 0.6) is 0 Å². The maximum atomic E-state index is 12.9. The second-order valence-electron chi connectivity index (χ2n) is 7.03. The van der Waals surface area contributed by atoms with Crippen molar-refractivity contribution in [1.82, 2.24) is 15.0 Å². The highest BCUT2D eigenvalue weighted by atomic mass is 35.5. The number of piperidine rings is 1. The van der Waals surface area contributed by atoms with E-state index in [1.54, 1.807) is 6.20 Å². The average molecular weight is 398 g/mol. The Labute approximate surface area is 160 Å². The summed E-state index contributed by atoms with van der Waals surface area (Å²) in [7, 11) is 0. The minimum Gasteiger partial charge on any atom is -0.354 e. The van der Waals surface area contributed by atoms with Gasteiger partial charge in [0.05, 0.1) is 16.6 Å². The number of aryl methyl sites for hydroxylation is 1. The first-order valence-electron chi connectivity index (χ1n) is 8.87. The highest BCUT2D eigenvalue weighted by Gasteiger charge is 2.40. The van der Waals surface area contributed by atoms with Crippen LogP contribution in [0.1, 0.15) is 24.2 Å². The van der Waals surface area contributed by atoms with Gasteiger partial charge in [0, 0.05) is 32.0 Å². The molecule has 0 saturated carbocycles. The highest BCUT2D eigenvalue weighted by Crippen LogP contribution is 2.39. The lowest BCUT2D eigenvalue weighted by molar-refractivity contribution is -0.137. The topological polar surface area (TPSA) is 45.2 Å². The Morgan fingerprint density at radius 1 is 1.19 bits per heavy atom. The van der Waals surface area contributed by atoms with Gasteiger partial charge in [-0.15, -0.1) is 0 Å². The van der Waals surface area contributed by atoms with Gasteiger partial charge in [0.15, 0.2) is 0 Å². The predicted molar refractivity (Wildman–Crippen MR) is 97.1 cm³/mol. The van der Waals surface area contributed by atoms with Crippen LogP contribution >= 0.6 is 11.6 Å². The Kier molecular flexibility index (Phi) is 4.61. The maximum Gasteiger partial charge on any atom is 0.417 e. The van der Waals surface area contributed by atoms with E-state index in [1.807, 2.05) is 17.9 Å². The van der Waals surface area contributed by atoms with Crippen LogP contribution in [0.25, 0.3) is 0 Å². The maximum absolute atomic E-state index is 12.9. The number of hydrogen-bond donors (Lipinski definition) is 0. The Hall–Kier alpha value is -2.09. The number of anilines is 2. The molecule has 2 saturated heterocycles. The van der Waals surface area contributed by atoms with Gasteiger partial charge in [0.2, 0.25) is 0 Å². The van der Waals surface area contributed by atoms with Crippen molar-refractivity contribution in [2.45, 2.75) is 32.0 Å². The van der Waals surface area contributed by atoms with E-state index in [0.717, 1.165) is 50.6 Å². The van der Waals surface area contributed by atoms with Crippen molar-refractivity contribution in [3.8, 4) is 0 Å². The summed E-state index contributed by atoms with van der Waals surface area (Å²) in [6.07, 6.45) is 0.144. The van der Waals surface area contributed by atoms with Crippen molar-refractivity contribution in [3.05, 3.63) is 40.9 Å². The molecule has 4 rings (SSSR count). The summed E-state index contributed by atoms with van der Waals surface area (Å²) < 4.78 is 38.7. The van der Waals surface area contributed by atoms with Crippen molar-refractivity contribution >= 4 is 23.2 Å². The van der Waals surface area contributed by atoms with Crippen LogP contribution in [0.3, 0.4) is 0 Å². The lowest BCUT2D eigenvalue weighted by Crippen LogP contribution is -2.49. The number of fused-ring (bicyclic) bond motifs is 1. The second-order valence-corrected chi connectivity index (χ2v) is 7.44. The van der Waals surface area contributed by atoms with Crippen LogP contribution in [0.2, 0.25) is 5.02 Å². The Morgan fingerprint density at radius 3 is 2.67 bits per heavy atom. The minimum atomic E-state index is -4.45. The fourth-order valence-corrected chi connectivity index (χ4v) is 4.30. The van der Waals surface area contributed by atoms with E-state index in [-0.39, 0.29) is 11.1 Å². The van der Waals surface area contributed by atoms with Crippen LogP contribution in [0, 0.1) is 12.8 Å². The number of alkyl halides is 3. The monoisotopic (exact) mass is 397 g/mol. The van der Waals surface area contributed by atoms with Gasteiger partial charge in [0.1, 0.15) is 17.5 Å². The first kappa shape index (κ1) is 18.3. The summed E-state index contributed by atoms with van der Waals surface area (Å²) in [6, 6.07) is 3.00. The van der Waals surface area contributed by atoms with Crippen molar-refractivity contribution in [1.29, 1.82) is 0 Å². The van der Waals surface area contributed by atoms with Gasteiger partial charge in [-0.2, -0.15) is 13.2 Å². The third kappa shape index (κ3) is 3.54. The molecule has 0 aromatic carbocycles. The molecule has 9 heteroatoms. The molecular formula is C18H19ClF3N5. The molecule has 0 amide bonds.